The third kappa shape index (κ3) is 5.07. The van der Waals surface area contributed by atoms with Crippen molar-refractivity contribution in [1.82, 2.24) is 4.98 Å². The summed E-state index contributed by atoms with van der Waals surface area (Å²) < 4.78 is 5.80. The molecule has 0 bridgehead atoms. The average molecular weight is 334 g/mol. The van der Waals surface area contributed by atoms with Crippen molar-refractivity contribution >= 4 is 17.5 Å². The molecule has 0 saturated heterocycles. The predicted octanol–water partition coefficient (Wildman–Crippen LogP) is 4.63. The number of aryl methyl sites for hydroxylation is 1. The van der Waals surface area contributed by atoms with E-state index < -0.39 is 5.97 Å². The Balaban J connectivity index is 1.58. The minimum absolute atomic E-state index is 0.130. The fourth-order valence-corrected chi connectivity index (χ4v) is 2.30. The Morgan fingerprint density at radius 3 is 2.24 bits per heavy atom. The molecule has 3 rings (SSSR count). The second-order valence-corrected chi connectivity index (χ2v) is 5.50. The summed E-state index contributed by atoms with van der Waals surface area (Å²) >= 11 is 0. The standard InChI is InChI=1S/C20H18N2O3/c23-20(24)13-6-15-4-9-17(10-5-15)25-18-11-7-16(8-12-18)22-19-3-1-2-14-21-19/h1-5,7-12,14H,6,13H2,(H,21,22)(H,23,24). The van der Waals surface area contributed by atoms with Gasteiger partial charge >= 0.3 is 5.97 Å². The molecule has 0 aliphatic carbocycles. The second-order valence-electron chi connectivity index (χ2n) is 5.50. The van der Waals surface area contributed by atoms with Crippen molar-refractivity contribution in [3.63, 3.8) is 0 Å². The summed E-state index contributed by atoms with van der Waals surface area (Å²) in [5, 5.41) is 11.9. The van der Waals surface area contributed by atoms with E-state index in [0.29, 0.717) is 12.2 Å². The number of hydrogen-bond donors (Lipinski definition) is 2. The van der Waals surface area contributed by atoms with Crippen LogP contribution < -0.4 is 10.1 Å². The Labute approximate surface area is 145 Å². The highest BCUT2D eigenvalue weighted by Gasteiger charge is 2.02. The molecule has 0 unspecified atom stereocenters. The maximum atomic E-state index is 10.6. The number of anilines is 2. The first-order chi connectivity index (χ1) is 12.2. The molecule has 5 heteroatoms. The van der Waals surface area contributed by atoms with Gasteiger partial charge in [0, 0.05) is 18.3 Å². The molecule has 2 aromatic carbocycles. The SMILES string of the molecule is O=C(O)CCc1ccc(Oc2ccc(Nc3ccccn3)cc2)cc1. The summed E-state index contributed by atoms with van der Waals surface area (Å²) in [6.07, 6.45) is 2.38. The van der Waals surface area contributed by atoms with Crippen molar-refractivity contribution < 1.29 is 14.6 Å². The first kappa shape index (κ1) is 16.5. The van der Waals surface area contributed by atoms with Gasteiger partial charge < -0.3 is 15.2 Å². The normalized spacial score (nSPS) is 10.2. The van der Waals surface area contributed by atoms with Crippen LogP contribution in [0.3, 0.4) is 0 Å². The average Bonchev–Trinajstić information content (AvgIpc) is 2.64. The van der Waals surface area contributed by atoms with Gasteiger partial charge in [0.15, 0.2) is 0 Å². The molecule has 0 saturated carbocycles. The third-order valence-corrected chi connectivity index (χ3v) is 3.58. The van der Waals surface area contributed by atoms with Gasteiger partial charge in [0.1, 0.15) is 17.3 Å². The number of rotatable bonds is 7. The first-order valence-electron chi connectivity index (χ1n) is 7.96. The Morgan fingerprint density at radius 1 is 0.960 bits per heavy atom. The van der Waals surface area contributed by atoms with Crippen LogP contribution >= 0.6 is 0 Å². The molecule has 0 aliphatic heterocycles. The van der Waals surface area contributed by atoms with Crippen molar-refractivity contribution in [2.45, 2.75) is 12.8 Å². The highest BCUT2D eigenvalue weighted by atomic mass is 16.5. The lowest BCUT2D eigenvalue weighted by atomic mass is 10.1. The number of hydrogen-bond acceptors (Lipinski definition) is 4. The molecule has 1 aromatic heterocycles. The summed E-state index contributed by atoms with van der Waals surface area (Å²) in [6.45, 7) is 0. The monoisotopic (exact) mass is 334 g/mol. The molecule has 3 aromatic rings. The van der Waals surface area contributed by atoms with Gasteiger partial charge in [-0.2, -0.15) is 0 Å². The van der Waals surface area contributed by atoms with Crippen molar-refractivity contribution in [2.75, 3.05) is 5.32 Å². The number of ether oxygens (including phenoxy) is 1. The van der Waals surface area contributed by atoms with Gasteiger partial charge in [-0.1, -0.05) is 18.2 Å². The Hall–Kier alpha value is -3.34. The summed E-state index contributed by atoms with van der Waals surface area (Å²) in [6, 6.07) is 20.8. The van der Waals surface area contributed by atoms with Gasteiger partial charge in [0.25, 0.3) is 0 Å². The zero-order chi connectivity index (χ0) is 17.5. The van der Waals surface area contributed by atoms with E-state index in [9.17, 15) is 4.79 Å². The quantitative estimate of drug-likeness (QED) is 0.659. The minimum Gasteiger partial charge on any atom is -0.481 e. The zero-order valence-electron chi connectivity index (χ0n) is 13.6. The van der Waals surface area contributed by atoms with E-state index in [1.165, 1.54) is 0 Å². The van der Waals surface area contributed by atoms with Crippen LogP contribution in [-0.4, -0.2) is 16.1 Å². The highest BCUT2D eigenvalue weighted by molar-refractivity contribution is 5.67. The molecule has 0 aliphatic rings. The summed E-state index contributed by atoms with van der Waals surface area (Å²) in [7, 11) is 0. The Morgan fingerprint density at radius 2 is 1.64 bits per heavy atom. The lowest BCUT2D eigenvalue weighted by Crippen LogP contribution is -1.97. The largest absolute Gasteiger partial charge is 0.481 e. The van der Waals surface area contributed by atoms with Gasteiger partial charge in [0.05, 0.1) is 0 Å². The van der Waals surface area contributed by atoms with Crippen molar-refractivity contribution in [3.05, 3.63) is 78.5 Å². The number of nitrogens with zero attached hydrogens (tertiary/aromatic N) is 1. The van der Waals surface area contributed by atoms with E-state index in [-0.39, 0.29) is 6.42 Å². The fourth-order valence-electron chi connectivity index (χ4n) is 2.30. The number of carbonyl (C=O) groups is 1. The molecular weight excluding hydrogens is 316 g/mol. The van der Waals surface area contributed by atoms with Crippen LogP contribution in [0.5, 0.6) is 11.5 Å². The van der Waals surface area contributed by atoms with Crippen LogP contribution in [-0.2, 0) is 11.2 Å². The van der Waals surface area contributed by atoms with E-state index >= 15 is 0 Å². The minimum atomic E-state index is -0.792. The number of aromatic nitrogens is 1. The lowest BCUT2D eigenvalue weighted by Gasteiger charge is -2.09. The number of nitrogens with one attached hydrogen (secondary N) is 1. The molecule has 126 valence electrons. The van der Waals surface area contributed by atoms with E-state index in [1.807, 2.05) is 66.7 Å². The summed E-state index contributed by atoms with van der Waals surface area (Å²) in [5.41, 5.74) is 1.90. The van der Waals surface area contributed by atoms with E-state index in [4.69, 9.17) is 9.84 Å². The second kappa shape index (κ2) is 7.97. The fraction of sp³-hybridized carbons (Fsp3) is 0.100. The molecule has 0 radical (unpaired) electrons. The molecule has 0 amide bonds. The van der Waals surface area contributed by atoms with E-state index in [1.54, 1.807) is 6.20 Å². The van der Waals surface area contributed by atoms with Crippen molar-refractivity contribution in [2.24, 2.45) is 0 Å². The van der Waals surface area contributed by atoms with Crippen LogP contribution in [0.1, 0.15) is 12.0 Å². The van der Waals surface area contributed by atoms with Crippen LogP contribution in [0.2, 0.25) is 0 Å². The molecule has 0 atom stereocenters. The lowest BCUT2D eigenvalue weighted by molar-refractivity contribution is -0.136. The smallest absolute Gasteiger partial charge is 0.303 e. The van der Waals surface area contributed by atoms with E-state index in [0.717, 1.165) is 22.8 Å². The van der Waals surface area contributed by atoms with Gasteiger partial charge in [-0.05, 0) is 60.5 Å². The molecule has 1 heterocycles. The van der Waals surface area contributed by atoms with Gasteiger partial charge in [-0.15, -0.1) is 0 Å². The topological polar surface area (TPSA) is 71.5 Å². The number of aliphatic carboxylic acids is 1. The first-order valence-corrected chi connectivity index (χ1v) is 7.96. The van der Waals surface area contributed by atoms with Gasteiger partial charge in [0.2, 0.25) is 0 Å². The molecular formula is C20H18N2O3. The number of benzene rings is 2. The third-order valence-electron chi connectivity index (χ3n) is 3.58. The number of pyridine rings is 1. The highest BCUT2D eigenvalue weighted by Crippen LogP contribution is 2.24. The van der Waals surface area contributed by atoms with Crippen LogP contribution in [0, 0.1) is 0 Å². The maximum absolute atomic E-state index is 10.6. The number of carboxylic acids is 1. The molecule has 0 fully saturated rings. The van der Waals surface area contributed by atoms with Crippen LogP contribution in [0.15, 0.2) is 72.9 Å². The van der Waals surface area contributed by atoms with Gasteiger partial charge in [-0.25, -0.2) is 4.98 Å². The van der Waals surface area contributed by atoms with E-state index in [2.05, 4.69) is 10.3 Å². The van der Waals surface area contributed by atoms with Gasteiger partial charge in [-0.3, -0.25) is 4.79 Å². The summed E-state index contributed by atoms with van der Waals surface area (Å²) in [5.74, 6) is 1.43. The Bertz CT molecular complexity index is 816. The van der Waals surface area contributed by atoms with Crippen molar-refractivity contribution in [1.29, 1.82) is 0 Å². The van der Waals surface area contributed by atoms with Crippen LogP contribution in [0.4, 0.5) is 11.5 Å². The van der Waals surface area contributed by atoms with Crippen LogP contribution in [0.25, 0.3) is 0 Å². The molecule has 5 nitrogen and oxygen atoms in total. The Kier molecular flexibility index (Phi) is 5.26. The molecule has 25 heavy (non-hydrogen) atoms. The zero-order valence-corrected chi connectivity index (χ0v) is 13.6. The van der Waals surface area contributed by atoms with Crippen molar-refractivity contribution in [3.8, 4) is 11.5 Å². The predicted molar refractivity (Wildman–Crippen MR) is 96.4 cm³/mol. The molecule has 2 N–H and O–H groups in total. The molecule has 0 spiro atoms. The maximum Gasteiger partial charge on any atom is 0.303 e. The summed E-state index contributed by atoms with van der Waals surface area (Å²) in [4.78, 5) is 14.8. The number of carboxylic acid groups (broad SMARTS) is 1.